The van der Waals surface area contributed by atoms with Gasteiger partial charge in [-0.1, -0.05) is 29.8 Å². The number of ether oxygens (including phenoxy) is 2. The van der Waals surface area contributed by atoms with Gasteiger partial charge in [0.05, 0.1) is 16.8 Å². The fourth-order valence-electron chi connectivity index (χ4n) is 2.26. The Morgan fingerprint density at radius 2 is 2.00 bits per heavy atom. The van der Waals surface area contributed by atoms with E-state index in [4.69, 9.17) is 21.1 Å². The number of nitrogens with zero attached hydrogens (tertiary/aromatic N) is 1. The number of hydrogen-bond acceptors (Lipinski definition) is 6. The maximum Gasteiger partial charge on any atom is 0.332 e. The second-order valence-electron chi connectivity index (χ2n) is 5.74. The number of hydrogen-bond donors (Lipinski definition) is 1. The summed E-state index contributed by atoms with van der Waals surface area (Å²) in [7, 11) is 0. The molecule has 0 aliphatic carbocycles. The Bertz CT molecular complexity index is 940. The van der Waals surface area contributed by atoms with Crippen molar-refractivity contribution in [2.24, 2.45) is 0 Å². The number of fused-ring (bicyclic) bond motifs is 1. The Hall–Kier alpha value is -2.48. The van der Waals surface area contributed by atoms with Gasteiger partial charge in [0.15, 0.2) is 6.61 Å². The zero-order chi connectivity index (χ0) is 19.2. The van der Waals surface area contributed by atoms with Gasteiger partial charge in [-0.15, -0.1) is 11.3 Å². The number of benzene rings is 2. The molecule has 6 nitrogen and oxygen atoms in total. The second-order valence-corrected chi connectivity index (χ2v) is 7.26. The number of carbonyl (C=O) groups is 2. The van der Waals surface area contributed by atoms with Crippen LogP contribution in [0.25, 0.3) is 10.2 Å². The van der Waals surface area contributed by atoms with Crippen LogP contribution >= 0.6 is 22.9 Å². The van der Waals surface area contributed by atoms with E-state index in [9.17, 15) is 9.59 Å². The maximum atomic E-state index is 11.8. The summed E-state index contributed by atoms with van der Waals surface area (Å²) in [6, 6.07) is 12.9. The van der Waals surface area contributed by atoms with E-state index in [0.717, 1.165) is 20.8 Å². The standard InChI is InChI=1S/C19H17ClN2O4S/c1-12-6-7-13(8-14(12)20)21-17(23)9-26-19(24)11-25-10-18-22-15-4-2-3-5-16(15)27-18/h2-8H,9-11H2,1H3,(H,21,23). The maximum absolute atomic E-state index is 11.8. The minimum Gasteiger partial charge on any atom is -0.454 e. The van der Waals surface area contributed by atoms with Gasteiger partial charge in [0, 0.05) is 10.7 Å². The summed E-state index contributed by atoms with van der Waals surface area (Å²) < 4.78 is 11.3. The first kappa shape index (κ1) is 19.3. The molecule has 8 heteroatoms. The van der Waals surface area contributed by atoms with Gasteiger partial charge in [0.1, 0.15) is 11.6 Å². The van der Waals surface area contributed by atoms with Crippen LogP contribution in [0.2, 0.25) is 5.02 Å². The zero-order valence-electron chi connectivity index (χ0n) is 14.5. The molecular weight excluding hydrogens is 388 g/mol. The lowest BCUT2D eigenvalue weighted by Gasteiger charge is -2.08. The molecule has 0 saturated heterocycles. The number of anilines is 1. The van der Waals surface area contributed by atoms with Crippen LogP contribution in [0.4, 0.5) is 5.69 Å². The third kappa shape index (κ3) is 5.50. The molecule has 0 radical (unpaired) electrons. The van der Waals surface area contributed by atoms with E-state index in [2.05, 4.69) is 10.3 Å². The largest absolute Gasteiger partial charge is 0.454 e. The normalized spacial score (nSPS) is 10.7. The predicted octanol–water partition coefficient (Wildman–Crippen LogP) is 3.96. The predicted molar refractivity (Wildman–Crippen MR) is 105 cm³/mol. The summed E-state index contributed by atoms with van der Waals surface area (Å²) in [5.41, 5.74) is 2.35. The van der Waals surface area contributed by atoms with Crippen molar-refractivity contribution < 1.29 is 19.1 Å². The molecule has 3 rings (SSSR count). The zero-order valence-corrected chi connectivity index (χ0v) is 16.1. The first-order valence-corrected chi connectivity index (χ1v) is 9.34. The van der Waals surface area contributed by atoms with Gasteiger partial charge in [-0.2, -0.15) is 0 Å². The van der Waals surface area contributed by atoms with Crippen molar-refractivity contribution >= 4 is 50.7 Å². The molecule has 2 aromatic carbocycles. The number of halogens is 1. The average Bonchev–Trinajstić information content (AvgIpc) is 3.06. The third-order valence-corrected chi connectivity index (χ3v) is 5.02. The van der Waals surface area contributed by atoms with Crippen LogP contribution in [0.1, 0.15) is 10.6 Å². The highest BCUT2D eigenvalue weighted by molar-refractivity contribution is 7.18. The van der Waals surface area contributed by atoms with E-state index >= 15 is 0 Å². The molecule has 0 spiro atoms. The molecule has 3 aromatic rings. The minimum absolute atomic E-state index is 0.211. The number of carbonyl (C=O) groups excluding carboxylic acids is 2. The molecule has 0 fully saturated rings. The lowest BCUT2D eigenvalue weighted by atomic mass is 10.2. The van der Waals surface area contributed by atoms with Gasteiger partial charge in [0.2, 0.25) is 0 Å². The van der Waals surface area contributed by atoms with Crippen molar-refractivity contribution in [3.8, 4) is 0 Å². The molecular formula is C19H17ClN2O4S. The summed E-state index contributed by atoms with van der Waals surface area (Å²) in [6.45, 7) is 1.43. The SMILES string of the molecule is Cc1ccc(NC(=O)COC(=O)COCc2nc3ccccc3s2)cc1Cl. The Morgan fingerprint density at radius 3 is 2.78 bits per heavy atom. The molecule has 1 amide bonds. The monoisotopic (exact) mass is 404 g/mol. The van der Waals surface area contributed by atoms with Crippen LogP contribution in [0.15, 0.2) is 42.5 Å². The molecule has 0 saturated carbocycles. The van der Waals surface area contributed by atoms with Crippen LogP contribution in [-0.4, -0.2) is 30.1 Å². The average molecular weight is 405 g/mol. The van der Waals surface area contributed by atoms with E-state index in [1.807, 2.05) is 31.2 Å². The van der Waals surface area contributed by atoms with E-state index in [0.29, 0.717) is 10.7 Å². The van der Waals surface area contributed by atoms with Crippen LogP contribution in [0.3, 0.4) is 0 Å². The number of rotatable bonds is 7. The lowest BCUT2D eigenvalue weighted by molar-refractivity contribution is -0.152. The lowest BCUT2D eigenvalue weighted by Crippen LogP contribution is -2.22. The van der Waals surface area contributed by atoms with E-state index in [-0.39, 0.29) is 13.2 Å². The topological polar surface area (TPSA) is 77.5 Å². The molecule has 0 atom stereocenters. The molecule has 27 heavy (non-hydrogen) atoms. The fourth-order valence-corrected chi connectivity index (χ4v) is 3.34. The van der Waals surface area contributed by atoms with Crippen LogP contribution in [0.5, 0.6) is 0 Å². The highest BCUT2D eigenvalue weighted by Gasteiger charge is 2.10. The van der Waals surface area contributed by atoms with Crippen molar-refractivity contribution in [1.82, 2.24) is 4.98 Å². The van der Waals surface area contributed by atoms with Crippen molar-refractivity contribution in [3.05, 3.63) is 58.1 Å². The van der Waals surface area contributed by atoms with Crippen LogP contribution in [0, 0.1) is 6.92 Å². The summed E-state index contributed by atoms with van der Waals surface area (Å²) in [6.07, 6.45) is 0. The van der Waals surface area contributed by atoms with Crippen LogP contribution < -0.4 is 5.32 Å². The number of para-hydroxylation sites is 1. The van der Waals surface area contributed by atoms with Gasteiger partial charge in [0.25, 0.3) is 5.91 Å². The fraction of sp³-hybridized carbons (Fsp3) is 0.211. The Balaban J connectivity index is 1.38. The quantitative estimate of drug-likeness (QED) is 0.603. The summed E-state index contributed by atoms with van der Waals surface area (Å²) in [5, 5.41) is 3.94. The molecule has 0 aliphatic heterocycles. The molecule has 0 aliphatic rings. The van der Waals surface area contributed by atoms with Crippen LogP contribution in [-0.2, 0) is 25.7 Å². The molecule has 0 bridgehead atoms. The molecule has 140 valence electrons. The minimum atomic E-state index is -0.617. The summed E-state index contributed by atoms with van der Waals surface area (Å²) >= 11 is 7.51. The number of aryl methyl sites for hydroxylation is 1. The van der Waals surface area contributed by atoms with Gasteiger partial charge in [-0.25, -0.2) is 9.78 Å². The Kier molecular flexibility index (Phi) is 6.39. The van der Waals surface area contributed by atoms with E-state index in [1.54, 1.807) is 18.2 Å². The first-order valence-electron chi connectivity index (χ1n) is 8.15. The Morgan fingerprint density at radius 1 is 1.19 bits per heavy atom. The smallest absolute Gasteiger partial charge is 0.332 e. The number of esters is 1. The third-order valence-electron chi connectivity index (χ3n) is 3.60. The second kappa shape index (κ2) is 8.94. The van der Waals surface area contributed by atoms with Gasteiger partial charge >= 0.3 is 5.97 Å². The molecule has 1 aromatic heterocycles. The summed E-state index contributed by atoms with van der Waals surface area (Å²) in [5.74, 6) is -1.07. The van der Waals surface area contributed by atoms with Crippen molar-refractivity contribution in [1.29, 1.82) is 0 Å². The highest BCUT2D eigenvalue weighted by atomic mass is 35.5. The number of nitrogens with one attached hydrogen (secondary N) is 1. The van der Waals surface area contributed by atoms with Gasteiger partial charge in [-0.3, -0.25) is 4.79 Å². The van der Waals surface area contributed by atoms with E-state index in [1.165, 1.54) is 11.3 Å². The highest BCUT2D eigenvalue weighted by Crippen LogP contribution is 2.22. The van der Waals surface area contributed by atoms with Crippen molar-refractivity contribution in [2.75, 3.05) is 18.5 Å². The molecule has 0 unspecified atom stereocenters. The molecule has 1 N–H and O–H groups in total. The summed E-state index contributed by atoms with van der Waals surface area (Å²) in [4.78, 5) is 27.9. The number of thiazole rings is 1. The van der Waals surface area contributed by atoms with Crippen molar-refractivity contribution in [3.63, 3.8) is 0 Å². The number of aromatic nitrogens is 1. The number of amides is 1. The van der Waals surface area contributed by atoms with E-state index < -0.39 is 18.5 Å². The Labute approximate surface area is 165 Å². The first-order chi connectivity index (χ1) is 13.0. The van der Waals surface area contributed by atoms with Crippen molar-refractivity contribution in [2.45, 2.75) is 13.5 Å². The molecule has 1 heterocycles. The van der Waals surface area contributed by atoms with Gasteiger partial charge < -0.3 is 14.8 Å². The van der Waals surface area contributed by atoms with Gasteiger partial charge in [-0.05, 0) is 36.8 Å².